The highest BCUT2D eigenvalue weighted by Gasteiger charge is 2.18. The van der Waals surface area contributed by atoms with E-state index in [2.05, 4.69) is 5.32 Å². The molecule has 0 aliphatic rings. The number of carbonyl (C=O) groups is 2. The lowest BCUT2D eigenvalue weighted by molar-refractivity contribution is -0.121. The summed E-state index contributed by atoms with van der Waals surface area (Å²) in [6, 6.07) is 4.94. The Hall–Kier alpha value is -2.28. The summed E-state index contributed by atoms with van der Waals surface area (Å²) in [5.74, 6) is -0.170. The van der Waals surface area contributed by atoms with Gasteiger partial charge in [0, 0.05) is 20.7 Å². The Morgan fingerprint density at radius 3 is 2.67 bits per heavy atom. The first-order valence-electron chi connectivity index (χ1n) is 6.44. The number of nitrogens with two attached hydrogens (primary N) is 1. The maximum Gasteiger partial charge on any atom is 0.256 e. The molecule has 1 aromatic carbocycles. The van der Waals surface area contributed by atoms with E-state index in [1.54, 1.807) is 25.3 Å². The second-order valence-corrected chi connectivity index (χ2v) is 4.43. The Balaban J connectivity index is 2.68. The predicted octanol–water partition coefficient (Wildman–Crippen LogP) is 0.112. The molecule has 116 valence electrons. The maximum absolute atomic E-state index is 12.3. The van der Waals surface area contributed by atoms with Crippen LogP contribution in [0.15, 0.2) is 18.2 Å². The minimum atomic E-state index is -0.340. The number of hydrogen-bond acceptors (Lipinski definition) is 5. The number of anilines is 1. The Morgan fingerprint density at radius 2 is 2.05 bits per heavy atom. The fourth-order valence-corrected chi connectivity index (χ4v) is 1.75. The van der Waals surface area contributed by atoms with Gasteiger partial charge in [-0.3, -0.25) is 9.59 Å². The molecule has 21 heavy (non-hydrogen) atoms. The molecule has 7 heteroatoms. The topological polar surface area (TPSA) is 93.9 Å². The number of ether oxygens (including phenoxy) is 2. The average molecular weight is 295 g/mol. The summed E-state index contributed by atoms with van der Waals surface area (Å²) in [6.45, 7) is 0.768. The third kappa shape index (κ3) is 4.64. The Morgan fingerprint density at radius 1 is 1.33 bits per heavy atom. The van der Waals surface area contributed by atoms with E-state index < -0.39 is 0 Å². The van der Waals surface area contributed by atoms with E-state index in [1.807, 2.05) is 0 Å². The zero-order chi connectivity index (χ0) is 15.8. The molecular formula is C14H21N3O4. The summed E-state index contributed by atoms with van der Waals surface area (Å²) < 4.78 is 9.90. The molecule has 0 bridgehead atoms. The van der Waals surface area contributed by atoms with Gasteiger partial charge in [0.05, 0.1) is 31.5 Å². The molecule has 0 aliphatic heterocycles. The van der Waals surface area contributed by atoms with Crippen molar-refractivity contribution in [1.29, 1.82) is 0 Å². The first-order valence-corrected chi connectivity index (χ1v) is 6.44. The smallest absolute Gasteiger partial charge is 0.256 e. The molecule has 0 atom stereocenters. The summed E-state index contributed by atoms with van der Waals surface area (Å²) in [6.07, 6.45) is 0. The van der Waals surface area contributed by atoms with Crippen LogP contribution in [0.2, 0.25) is 0 Å². The Bertz CT molecular complexity index is 505. The summed E-state index contributed by atoms with van der Waals surface area (Å²) in [4.78, 5) is 25.2. The van der Waals surface area contributed by atoms with Crippen molar-refractivity contribution in [2.75, 3.05) is 46.7 Å². The van der Waals surface area contributed by atoms with E-state index in [4.69, 9.17) is 15.2 Å². The van der Waals surface area contributed by atoms with Crippen molar-refractivity contribution < 1.29 is 19.1 Å². The highest BCUT2D eigenvalue weighted by Crippen LogP contribution is 2.25. The molecular weight excluding hydrogens is 274 g/mol. The summed E-state index contributed by atoms with van der Waals surface area (Å²) >= 11 is 0. The monoisotopic (exact) mass is 295 g/mol. The number of carbonyl (C=O) groups excluding carboxylic acids is 2. The van der Waals surface area contributed by atoms with Crippen molar-refractivity contribution in [2.24, 2.45) is 0 Å². The minimum Gasteiger partial charge on any atom is -0.495 e. The molecule has 1 rings (SSSR count). The van der Waals surface area contributed by atoms with E-state index >= 15 is 0 Å². The van der Waals surface area contributed by atoms with Crippen LogP contribution in [0.1, 0.15) is 10.4 Å². The van der Waals surface area contributed by atoms with Gasteiger partial charge in [0.2, 0.25) is 5.91 Å². The van der Waals surface area contributed by atoms with Crippen LogP contribution in [0.3, 0.4) is 0 Å². The molecule has 0 aliphatic carbocycles. The Labute approximate surface area is 124 Å². The lowest BCUT2D eigenvalue weighted by Gasteiger charge is -2.18. The predicted molar refractivity (Wildman–Crippen MR) is 79.3 cm³/mol. The van der Waals surface area contributed by atoms with E-state index in [0.717, 1.165) is 0 Å². The minimum absolute atomic E-state index is 0.0564. The standard InChI is InChI=1S/C14H21N3O4/c1-17(9-12(18)16-7-8-20-2)14(19)10-5-4-6-11(21-3)13(10)15/h4-6H,7-9,15H2,1-3H3,(H,16,18). The van der Waals surface area contributed by atoms with Crippen LogP contribution in [0.25, 0.3) is 0 Å². The molecule has 3 N–H and O–H groups in total. The first-order chi connectivity index (χ1) is 10.0. The molecule has 0 fully saturated rings. The van der Waals surface area contributed by atoms with Gasteiger partial charge in [-0.15, -0.1) is 0 Å². The second kappa shape index (κ2) is 8.11. The molecule has 0 saturated heterocycles. The van der Waals surface area contributed by atoms with Crippen LogP contribution >= 0.6 is 0 Å². The van der Waals surface area contributed by atoms with Gasteiger partial charge in [-0.2, -0.15) is 0 Å². The number of para-hydroxylation sites is 1. The number of hydrogen-bond donors (Lipinski definition) is 2. The number of rotatable bonds is 7. The van der Waals surface area contributed by atoms with Crippen molar-refractivity contribution in [1.82, 2.24) is 10.2 Å². The van der Waals surface area contributed by atoms with Crippen molar-refractivity contribution >= 4 is 17.5 Å². The van der Waals surface area contributed by atoms with Crippen molar-refractivity contribution in [3.8, 4) is 5.75 Å². The largest absolute Gasteiger partial charge is 0.495 e. The molecule has 0 heterocycles. The van der Waals surface area contributed by atoms with Gasteiger partial charge >= 0.3 is 0 Å². The van der Waals surface area contributed by atoms with Gasteiger partial charge in [-0.1, -0.05) is 6.07 Å². The van der Waals surface area contributed by atoms with Crippen LogP contribution < -0.4 is 15.8 Å². The Kier molecular flexibility index (Phi) is 6.48. The normalized spacial score (nSPS) is 10.0. The zero-order valence-electron chi connectivity index (χ0n) is 12.5. The fraction of sp³-hybridized carbons (Fsp3) is 0.429. The van der Waals surface area contributed by atoms with Crippen molar-refractivity contribution in [3.05, 3.63) is 23.8 Å². The number of methoxy groups -OCH3 is 2. The SMILES string of the molecule is COCCNC(=O)CN(C)C(=O)c1cccc(OC)c1N. The summed E-state index contributed by atoms with van der Waals surface area (Å²) in [5.41, 5.74) is 6.44. The number of nitrogens with one attached hydrogen (secondary N) is 1. The second-order valence-electron chi connectivity index (χ2n) is 4.43. The van der Waals surface area contributed by atoms with E-state index in [9.17, 15) is 9.59 Å². The highest BCUT2D eigenvalue weighted by atomic mass is 16.5. The van der Waals surface area contributed by atoms with Crippen molar-refractivity contribution in [2.45, 2.75) is 0 Å². The average Bonchev–Trinajstić information content (AvgIpc) is 2.47. The van der Waals surface area contributed by atoms with Crippen LogP contribution in [-0.2, 0) is 9.53 Å². The number of likely N-dealkylation sites (N-methyl/N-ethyl adjacent to an activating group) is 1. The zero-order valence-corrected chi connectivity index (χ0v) is 12.5. The number of benzene rings is 1. The third-order valence-electron chi connectivity index (χ3n) is 2.87. The molecule has 2 amide bonds. The van der Waals surface area contributed by atoms with Crippen LogP contribution in [-0.4, -0.2) is 57.7 Å². The fourth-order valence-electron chi connectivity index (χ4n) is 1.75. The van der Waals surface area contributed by atoms with Crippen LogP contribution in [0.4, 0.5) is 5.69 Å². The third-order valence-corrected chi connectivity index (χ3v) is 2.87. The number of amides is 2. The van der Waals surface area contributed by atoms with Crippen LogP contribution in [0, 0.1) is 0 Å². The molecule has 7 nitrogen and oxygen atoms in total. The lowest BCUT2D eigenvalue weighted by Crippen LogP contribution is -2.39. The molecule has 0 saturated carbocycles. The molecule has 0 radical (unpaired) electrons. The van der Waals surface area contributed by atoms with Crippen LogP contribution in [0.5, 0.6) is 5.75 Å². The lowest BCUT2D eigenvalue weighted by atomic mass is 10.1. The number of nitrogen functional groups attached to an aromatic ring is 1. The van der Waals surface area contributed by atoms with Gasteiger partial charge in [0.1, 0.15) is 5.75 Å². The summed E-state index contributed by atoms with van der Waals surface area (Å²) in [5, 5.41) is 2.64. The number of nitrogens with zero attached hydrogens (tertiary/aromatic N) is 1. The van der Waals surface area contributed by atoms with Gasteiger partial charge in [-0.25, -0.2) is 0 Å². The summed E-state index contributed by atoms with van der Waals surface area (Å²) in [7, 11) is 4.57. The van der Waals surface area contributed by atoms with E-state index in [0.29, 0.717) is 24.5 Å². The quantitative estimate of drug-likeness (QED) is 0.550. The highest BCUT2D eigenvalue weighted by molar-refractivity contribution is 6.01. The van der Waals surface area contributed by atoms with Gasteiger partial charge < -0.3 is 25.4 Å². The first kappa shape index (κ1) is 16.8. The van der Waals surface area contributed by atoms with Gasteiger partial charge in [-0.05, 0) is 12.1 Å². The molecule has 0 aromatic heterocycles. The maximum atomic E-state index is 12.3. The molecule has 0 spiro atoms. The van der Waals surface area contributed by atoms with Crippen molar-refractivity contribution in [3.63, 3.8) is 0 Å². The molecule has 1 aromatic rings. The van der Waals surface area contributed by atoms with Gasteiger partial charge in [0.15, 0.2) is 0 Å². The van der Waals surface area contributed by atoms with E-state index in [1.165, 1.54) is 19.1 Å². The van der Waals surface area contributed by atoms with E-state index in [-0.39, 0.29) is 24.0 Å². The van der Waals surface area contributed by atoms with Gasteiger partial charge in [0.25, 0.3) is 5.91 Å². The molecule has 0 unspecified atom stereocenters.